The van der Waals surface area contributed by atoms with Crippen LogP contribution >= 0.6 is 0 Å². The smallest absolute Gasteiger partial charge is 0.379 e. The maximum atomic E-state index is 12.3. The van der Waals surface area contributed by atoms with Crippen LogP contribution in [0.5, 0.6) is 0 Å². The highest BCUT2D eigenvalue weighted by atomic mass is 19.4. The van der Waals surface area contributed by atoms with Crippen molar-refractivity contribution in [2.24, 2.45) is 0 Å². The first kappa shape index (κ1) is 12.4. The van der Waals surface area contributed by atoms with Crippen molar-refractivity contribution in [3.8, 4) is 0 Å². The quantitative estimate of drug-likeness (QED) is 0.632. The molecule has 0 aliphatic heterocycles. The molecule has 9 heteroatoms. The first-order valence-corrected chi connectivity index (χ1v) is 4.09. The molecular formula is C7H8F3N3O3. The fourth-order valence-electron chi connectivity index (χ4n) is 0.938. The molecule has 1 aromatic rings. The molecule has 1 heterocycles. The van der Waals surface area contributed by atoms with Gasteiger partial charge >= 0.3 is 11.9 Å². The van der Waals surface area contributed by atoms with E-state index in [4.69, 9.17) is 5.11 Å². The Kier molecular flexibility index (Phi) is 2.91. The van der Waals surface area contributed by atoms with Gasteiger partial charge in [-0.2, -0.15) is 18.3 Å². The molecule has 1 N–H and O–H groups in total. The predicted octanol–water partition coefficient (Wildman–Crippen LogP) is 1.10. The van der Waals surface area contributed by atoms with E-state index in [0.29, 0.717) is 11.6 Å². The van der Waals surface area contributed by atoms with E-state index in [1.165, 1.54) is 0 Å². The van der Waals surface area contributed by atoms with E-state index in [0.717, 1.165) is 12.4 Å². The summed E-state index contributed by atoms with van der Waals surface area (Å²) in [6, 6.07) is 0. The number of alkyl halides is 3. The number of rotatable bonds is 3. The van der Waals surface area contributed by atoms with Gasteiger partial charge in [-0.1, -0.05) is 0 Å². The second-order valence-electron chi connectivity index (χ2n) is 3.42. The molecule has 0 aliphatic carbocycles. The molecule has 0 aromatic carbocycles. The SMILES string of the molecule is CC(O)(Cn1cc([N+](=O)[O-])cn1)C(F)(F)F. The van der Waals surface area contributed by atoms with Crippen molar-refractivity contribution in [1.82, 2.24) is 9.78 Å². The van der Waals surface area contributed by atoms with Crippen LogP contribution in [0.4, 0.5) is 18.9 Å². The second kappa shape index (κ2) is 3.74. The lowest BCUT2D eigenvalue weighted by atomic mass is 10.1. The van der Waals surface area contributed by atoms with Gasteiger partial charge in [-0.15, -0.1) is 0 Å². The first-order valence-electron chi connectivity index (χ1n) is 4.09. The number of aromatic nitrogens is 2. The van der Waals surface area contributed by atoms with Crippen LogP contribution in [0.15, 0.2) is 12.4 Å². The fourth-order valence-corrected chi connectivity index (χ4v) is 0.938. The fraction of sp³-hybridized carbons (Fsp3) is 0.571. The molecule has 0 fully saturated rings. The summed E-state index contributed by atoms with van der Waals surface area (Å²) in [7, 11) is 0. The van der Waals surface area contributed by atoms with Crippen LogP contribution in [0, 0.1) is 10.1 Å². The van der Waals surface area contributed by atoms with Crippen molar-refractivity contribution in [3.63, 3.8) is 0 Å². The second-order valence-corrected chi connectivity index (χ2v) is 3.42. The molecule has 90 valence electrons. The first-order chi connectivity index (χ1) is 7.13. The van der Waals surface area contributed by atoms with Gasteiger partial charge in [0.15, 0.2) is 5.60 Å². The highest BCUT2D eigenvalue weighted by Crippen LogP contribution is 2.31. The van der Waals surface area contributed by atoms with Crippen molar-refractivity contribution in [3.05, 3.63) is 22.5 Å². The van der Waals surface area contributed by atoms with E-state index >= 15 is 0 Å². The summed E-state index contributed by atoms with van der Waals surface area (Å²) in [5, 5.41) is 22.7. The summed E-state index contributed by atoms with van der Waals surface area (Å²) in [6.07, 6.45) is -3.19. The maximum Gasteiger partial charge on any atom is 0.418 e. The molecular weight excluding hydrogens is 231 g/mol. The number of aliphatic hydroxyl groups is 1. The molecule has 0 spiro atoms. The minimum atomic E-state index is -4.83. The van der Waals surface area contributed by atoms with Gasteiger partial charge in [0.2, 0.25) is 0 Å². The van der Waals surface area contributed by atoms with Gasteiger partial charge in [0, 0.05) is 0 Å². The van der Waals surface area contributed by atoms with Gasteiger partial charge in [-0.25, -0.2) is 0 Å². The molecule has 1 aromatic heterocycles. The highest BCUT2D eigenvalue weighted by Gasteiger charge is 2.50. The zero-order chi connectivity index (χ0) is 12.6. The molecule has 1 unspecified atom stereocenters. The third-order valence-electron chi connectivity index (χ3n) is 1.91. The Morgan fingerprint density at radius 2 is 2.19 bits per heavy atom. The third-order valence-corrected chi connectivity index (χ3v) is 1.91. The Hall–Kier alpha value is -1.64. The Bertz CT molecular complexity index is 399. The summed E-state index contributed by atoms with van der Waals surface area (Å²) < 4.78 is 37.5. The summed E-state index contributed by atoms with van der Waals surface area (Å²) >= 11 is 0. The Morgan fingerprint density at radius 3 is 2.56 bits per heavy atom. The van der Waals surface area contributed by atoms with Crippen LogP contribution in [-0.2, 0) is 6.54 Å². The average Bonchev–Trinajstić information content (AvgIpc) is 2.49. The van der Waals surface area contributed by atoms with E-state index in [1.807, 2.05) is 0 Å². The molecule has 1 atom stereocenters. The molecule has 0 saturated carbocycles. The van der Waals surface area contributed by atoms with E-state index in [-0.39, 0.29) is 0 Å². The van der Waals surface area contributed by atoms with Crippen LogP contribution in [0.1, 0.15) is 6.92 Å². The summed E-state index contributed by atoms with van der Waals surface area (Å²) in [4.78, 5) is 9.46. The highest BCUT2D eigenvalue weighted by molar-refractivity contribution is 5.20. The zero-order valence-electron chi connectivity index (χ0n) is 8.10. The van der Waals surface area contributed by atoms with Crippen LogP contribution in [0.25, 0.3) is 0 Å². The van der Waals surface area contributed by atoms with E-state index in [1.54, 1.807) is 0 Å². The Balaban J connectivity index is 2.85. The van der Waals surface area contributed by atoms with Crippen LogP contribution in [0.3, 0.4) is 0 Å². The maximum absolute atomic E-state index is 12.3. The van der Waals surface area contributed by atoms with Crippen molar-refractivity contribution in [1.29, 1.82) is 0 Å². The van der Waals surface area contributed by atoms with Crippen LogP contribution in [0.2, 0.25) is 0 Å². The van der Waals surface area contributed by atoms with Crippen molar-refractivity contribution < 1.29 is 23.2 Å². The third kappa shape index (κ3) is 2.48. The molecule has 0 saturated heterocycles. The average molecular weight is 239 g/mol. The molecule has 0 radical (unpaired) electrons. The van der Waals surface area contributed by atoms with Crippen LogP contribution < -0.4 is 0 Å². The van der Waals surface area contributed by atoms with Gasteiger partial charge < -0.3 is 5.11 Å². The predicted molar refractivity (Wildman–Crippen MR) is 45.6 cm³/mol. The number of halogens is 3. The van der Waals surface area contributed by atoms with Crippen molar-refractivity contribution in [2.75, 3.05) is 0 Å². The molecule has 6 nitrogen and oxygen atoms in total. The van der Waals surface area contributed by atoms with E-state index in [2.05, 4.69) is 5.10 Å². The number of nitrogens with zero attached hydrogens (tertiary/aromatic N) is 3. The number of nitro groups is 1. The summed E-state index contributed by atoms with van der Waals surface area (Å²) in [5.41, 5.74) is -3.41. The monoisotopic (exact) mass is 239 g/mol. The molecule has 0 aliphatic rings. The zero-order valence-corrected chi connectivity index (χ0v) is 8.10. The standard InChI is InChI=1S/C7H8F3N3O3/c1-6(14,7(8,9)10)4-12-3-5(2-11-12)13(15)16/h2-3,14H,4H2,1H3. The Labute approximate surface area is 87.4 Å². The van der Waals surface area contributed by atoms with Gasteiger partial charge in [-0.3, -0.25) is 14.8 Å². The lowest BCUT2D eigenvalue weighted by Crippen LogP contribution is -2.45. The minimum Gasteiger partial charge on any atom is -0.379 e. The molecule has 1 rings (SSSR count). The van der Waals surface area contributed by atoms with E-state index < -0.39 is 28.9 Å². The van der Waals surface area contributed by atoms with Gasteiger partial charge in [-0.05, 0) is 6.92 Å². The van der Waals surface area contributed by atoms with Gasteiger partial charge in [0.25, 0.3) is 0 Å². The van der Waals surface area contributed by atoms with Crippen molar-refractivity contribution in [2.45, 2.75) is 25.2 Å². The molecule has 16 heavy (non-hydrogen) atoms. The van der Waals surface area contributed by atoms with Gasteiger partial charge in [0.05, 0.1) is 11.5 Å². The van der Waals surface area contributed by atoms with Crippen molar-refractivity contribution >= 4 is 5.69 Å². The summed E-state index contributed by atoms with van der Waals surface area (Å²) in [6.45, 7) is -0.329. The summed E-state index contributed by atoms with van der Waals surface area (Å²) in [5.74, 6) is 0. The minimum absolute atomic E-state index is 0.432. The normalized spacial score (nSPS) is 15.8. The van der Waals surface area contributed by atoms with Gasteiger partial charge in [0.1, 0.15) is 12.4 Å². The number of hydrogen-bond acceptors (Lipinski definition) is 4. The van der Waals surface area contributed by atoms with E-state index in [9.17, 15) is 23.3 Å². The lowest BCUT2D eigenvalue weighted by molar-refractivity contribution is -0.385. The lowest BCUT2D eigenvalue weighted by Gasteiger charge is -2.25. The van der Waals surface area contributed by atoms with Crippen LogP contribution in [-0.4, -0.2) is 31.6 Å². The molecule has 0 amide bonds. The molecule has 0 bridgehead atoms. The largest absolute Gasteiger partial charge is 0.418 e. The number of hydrogen-bond donors (Lipinski definition) is 1. The topological polar surface area (TPSA) is 81.2 Å². The Morgan fingerprint density at radius 1 is 1.62 bits per heavy atom.